The molecule has 0 atom stereocenters. The van der Waals surface area contributed by atoms with Crippen molar-refractivity contribution in [2.45, 2.75) is 42.9 Å². The summed E-state index contributed by atoms with van der Waals surface area (Å²) in [5, 5.41) is 4.24. The summed E-state index contributed by atoms with van der Waals surface area (Å²) in [5.74, 6) is 0. The van der Waals surface area contributed by atoms with E-state index in [1.807, 2.05) is 31.2 Å². The minimum absolute atomic E-state index is 0.0279. The number of fused-ring (bicyclic) bond motifs is 1. The van der Waals surface area contributed by atoms with Gasteiger partial charge in [0.25, 0.3) is 0 Å². The first-order chi connectivity index (χ1) is 14.2. The van der Waals surface area contributed by atoms with Crippen molar-refractivity contribution in [1.29, 1.82) is 0 Å². The quantitative estimate of drug-likeness (QED) is 0.688. The van der Waals surface area contributed by atoms with Crippen molar-refractivity contribution >= 4 is 26.4 Å². The lowest BCUT2D eigenvalue weighted by molar-refractivity contribution is 0.585. The van der Waals surface area contributed by atoms with Gasteiger partial charge in [0.2, 0.25) is 9.84 Å². The molecule has 0 unspecified atom stereocenters. The van der Waals surface area contributed by atoms with E-state index in [2.05, 4.69) is 36.0 Å². The van der Waals surface area contributed by atoms with Gasteiger partial charge in [0, 0.05) is 43.4 Å². The highest BCUT2D eigenvalue weighted by Crippen LogP contribution is 2.32. The third-order valence-corrected chi connectivity index (χ3v) is 7.70. The number of hydrogen-bond acceptors (Lipinski definition) is 5. The Balaban J connectivity index is 1.81. The zero-order chi connectivity index (χ0) is 21.5. The Morgan fingerprint density at radius 1 is 1.00 bits per heavy atom. The lowest BCUT2D eigenvalue weighted by atomic mass is 9.86. The number of pyridine rings is 1. The van der Waals surface area contributed by atoms with Gasteiger partial charge in [-0.15, -0.1) is 0 Å². The van der Waals surface area contributed by atoms with Crippen LogP contribution in [0.5, 0.6) is 0 Å². The van der Waals surface area contributed by atoms with E-state index in [1.54, 1.807) is 24.4 Å². The second kappa shape index (κ2) is 7.67. The maximum absolute atomic E-state index is 13.5. The smallest absolute Gasteiger partial charge is 0.206 e. The van der Waals surface area contributed by atoms with Crippen LogP contribution in [0.25, 0.3) is 10.9 Å². The molecule has 0 bridgehead atoms. The average Bonchev–Trinajstić information content (AvgIpc) is 2.72. The van der Waals surface area contributed by atoms with Crippen molar-refractivity contribution in [3.05, 3.63) is 59.8 Å². The van der Waals surface area contributed by atoms with Crippen molar-refractivity contribution in [3.8, 4) is 0 Å². The summed E-state index contributed by atoms with van der Waals surface area (Å²) < 4.78 is 27.0. The maximum atomic E-state index is 13.5. The highest BCUT2D eigenvalue weighted by Gasteiger charge is 2.23. The SMILES string of the molecule is Cc1cc(C(C)(C)C)ccc1S(=O)(=O)c1ccc2nccc(N3CCNCC3)c2c1. The van der Waals surface area contributed by atoms with E-state index in [-0.39, 0.29) is 5.41 Å². The molecule has 0 aliphatic carbocycles. The van der Waals surface area contributed by atoms with Crippen LogP contribution in [-0.4, -0.2) is 39.6 Å². The first kappa shape index (κ1) is 20.8. The number of nitrogens with zero attached hydrogens (tertiary/aromatic N) is 2. The predicted octanol–water partition coefficient (Wildman–Crippen LogP) is 4.08. The van der Waals surface area contributed by atoms with Gasteiger partial charge in [0.15, 0.2) is 0 Å². The zero-order valence-corrected chi connectivity index (χ0v) is 18.9. The lowest BCUT2D eigenvalue weighted by Crippen LogP contribution is -2.43. The van der Waals surface area contributed by atoms with Gasteiger partial charge in [-0.25, -0.2) is 8.42 Å². The molecule has 3 aromatic rings. The van der Waals surface area contributed by atoms with Gasteiger partial charge in [-0.05, 0) is 53.8 Å². The monoisotopic (exact) mass is 423 g/mol. The molecule has 0 saturated carbocycles. The Kier molecular flexibility index (Phi) is 5.32. The van der Waals surface area contributed by atoms with Crippen LogP contribution in [0.4, 0.5) is 5.69 Å². The molecule has 6 heteroatoms. The van der Waals surface area contributed by atoms with E-state index in [0.717, 1.165) is 53.9 Å². The number of piperazine rings is 1. The number of hydrogen-bond donors (Lipinski definition) is 1. The van der Waals surface area contributed by atoms with Crippen molar-refractivity contribution in [3.63, 3.8) is 0 Å². The number of sulfone groups is 1. The first-order valence-corrected chi connectivity index (χ1v) is 11.9. The third-order valence-electron chi connectivity index (χ3n) is 5.79. The van der Waals surface area contributed by atoms with E-state index in [0.29, 0.717) is 9.79 Å². The second-order valence-corrected chi connectivity index (χ2v) is 10.9. The molecule has 1 aromatic heterocycles. The van der Waals surface area contributed by atoms with Gasteiger partial charge in [-0.1, -0.05) is 32.9 Å². The van der Waals surface area contributed by atoms with Crippen LogP contribution in [0.2, 0.25) is 0 Å². The Morgan fingerprint density at radius 2 is 1.73 bits per heavy atom. The number of rotatable bonds is 3. The standard InChI is InChI=1S/C24H29N3O2S/c1-17-15-18(24(2,3)4)5-8-23(17)30(28,29)19-6-7-21-20(16-19)22(9-10-26-21)27-13-11-25-12-14-27/h5-10,15-16,25H,11-14H2,1-4H3. The van der Waals surface area contributed by atoms with Gasteiger partial charge in [-0.3, -0.25) is 4.98 Å². The van der Waals surface area contributed by atoms with Crippen LogP contribution < -0.4 is 10.2 Å². The molecule has 0 spiro atoms. The number of benzene rings is 2. The zero-order valence-electron chi connectivity index (χ0n) is 18.1. The number of nitrogens with one attached hydrogen (secondary N) is 1. The molecule has 158 valence electrons. The Bertz CT molecular complexity index is 1190. The Morgan fingerprint density at radius 3 is 2.40 bits per heavy atom. The fraction of sp³-hybridized carbons (Fsp3) is 0.375. The molecule has 2 heterocycles. The Hall–Kier alpha value is -2.44. The highest BCUT2D eigenvalue weighted by atomic mass is 32.2. The van der Waals surface area contributed by atoms with Crippen molar-refractivity contribution < 1.29 is 8.42 Å². The minimum atomic E-state index is -3.63. The summed E-state index contributed by atoms with van der Waals surface area (Å²) in [7, 11) is -3.63. The third kappa shape index (κ3) is 3.82. The summed E-state index contributed by atoms with van der Waals surface area (Å²) >= 11 is 0. The summed E-state index contributed by atoms with van der Waals surface area (Å²) in [6.45, 7) is 11.9. The molecule has 1 aliphatic rings. The fourth-order valence-electron chi connectivity index (χ4n) is 4.00. The van der Waals surface area contributed by atoms with Gasteiger partial charge < -0.3 is 10.2 Å². The van der Waals surface area contributed by atoms with Crippen molar-refractivity contribution in [2.75, 3.05) is 31.1 Å². The number of anilines is 1. The molecule has 5 nitrogen and oxygen atoms in total. The molecule has 4 rings (SSSR count). The molecule has 1 saturated heterocycles. The molecule has 1 aliphatic heterocycles. The van der Waals surface area contributed by atoms with Crippen LogP contribution >= 0.6 is 0 Å². The summed E-state index contributed by atoms with van der Waals surface area (Å²) in [4.78, 5) is 7.42. The van der Waals surface area contributed by atoms with Gasteiger partial charge in [0.05, 0.1) is 15.3 Å². The average molecular weight is 424 g/mol. The van der Waals surface area contributed by atoms with Gasteiger partial charge in [-0.2, -0.15) is 0 Å². The second-order valence-electron chi connectivity index (χ2n) is 8.98. The molecule has 30 heavy (non-hydrogen) atoms. The maximum Gasteiger partial charge on any atom is 0.206 e. The highest BCUT2D eigenvalue weighted by molar-refractivity contribution is 7.91. The van der Waals surface area contributed by atoms with Crippen LogP contribution in [0, 0.1) is 6.92 Å². The van der Waals surface area contributed by atoms with Crippen LogP contribution in [0.15, 0.2) is 58.5 Å². The molecule has 0 radical (unpaired) electrons. The largest absolute Gasteiger partial charge is 0.368 e. The molecule has 2 aromatic carbocycles. The van der Waals surface area contributed by atoms with Gasteiger partial charge >= 0.3 is 0 Å². The fourth-order valence-corrected chi connectivity index (χ4v) is 5.51. The molecule has 1 fully saturated rings. The lowest BCUT2D eigenvalue weighted by Gasteiger charge is -2.30. The molecular weight excluding hydrogens is 394 g/mol. The molecule has 0 amide bonds. The minimum Gasteiger partial charge on any atom is -0.368 e. The topological polar surface area (TPSA) is 62.3 Å². The van der Waals surface area contributed by atoms with Crippen molar-refractivity contribution in [1.82, 2.24) is 10.3 Å². The Labute approximate surface area is 179 Å². The predicted molar refractivity (Wildman–Crippen MR) is 122 cm³/mol. The van der Waals surface area contributed by atoms with E-state index in [9.17, 15) is 8.42 Å². The summed E-state index contributed by atoms with van der Waals surface area (Å²) in [5.41, 5.74) is 3.72. The normalized spacial score (nSPS) is 15.5. The van der Waals surface area contributed by atoms with Crippen LogP contribution in [-0.2, 0) is 15.3 Å². The van der Waals surface area contributed by atoms with E-state index >= 15 is 0 Å². The molecule has 1 N–H and O–H groups in total. The van der Waals surface area contributed by atoms with Crippen LogP contribution in [0.1, 0.15) is 31.9 Å². The summed E-state index contributed by atoms with van der Waals surface area (Å²) in [6.07, 6.45) is 1.79. The number of aromatic nitrogens is 1. The molecular formula is C24H29N3O2S. The van der Waals surface area contributed by atoms with E-state index in [4.69, 9.17) is 0 Å². The van der Waals surface area contributed by atoms with Crippen molar-refractivity contribution in [2.24, 2.45) is 0 Å². The number of aryl methyl sites for hydroxylation is 1. The first-order valence-electron chi connectivity index (χ1n) is 10.4. The summed E-state index contributed by atoms with van der Waals surface area (Å²) in [6, 6.07) is 12.9. The van der Waals surface area contributed by atoms with E-state index < -0.39 is 9.84 Å². The van der Waals surface area contributed by atoms with Gasteiger partial charge in [0.1, 0.15) is 0 Å². The van der Waals surface area contributed by atoms with E-state index in [1.165, 1.54) is 0 Å². The van der Waals surface area contributed by atoms with Crippen LogP contribution in [0.3, 0.4) is 0 Å².